The lowest BCUT2D eigenvalue weighted by molar-refractivity contribution is -0.123. The molecular weight excluding hydrogens is 392 g/mol. The maximum absolute atomic E-state index is 12.0. The van der Waals surface area contributed by atoms with Crippen molar-refractivity contribution in [2.45, 2.75) is 33.1 Å². The Labute approximate surface area is 176 Å². The van der Waals surface area contributed by atoms with Crippen molar-refractivity contribution in [1.29, 1.82) is 0 Å². The van der Waals surface area contributed by atoms with Crippen LogP contribution in [0.1, 0.15) is 47.7 Å². The monoisotopic (exact) mass is 418 g/mol. The van der Waals surface area contributed by atoms with Gasteiger partial charge in [-0.05, 0) is 60.7 Å². The summed E-state index contributed by atoms with van der Waals surface area (Å²) in [7, 11) is 0. The number of hydrogen-bond donors (Lipinski definition) is 3. The van der Waals surface area contributed by atoms with Gasteiger partial charge in [-0.15, -0.1) is 0 Å². The Kier molecular flexibility index (Phi) is 8.34. The first-order valence-electron chi connectivity index (χ1n) is 9.54. The maximum atomic E-state index is 12.0. The van der Waals surface area contributed by atoms with Crippen molar-refractivity contribution in [1.82, 2.24) is 10.6 Å². The molecule has 29 heavy (non-hydrogen) atoms. The number of carbonyl (C=O) groups is 2. The zero-order valence-corrected chi connectivity index (χ0v) is 17.7. The summed E-state index contributed by atoms with van der Waals surface area (Å²) in [4.78, 5) is 24.0. The van der Waals surface area contributed by atoms with Gasteiger partial charge in [0, 0.05) is 23.7 Å². The van der Waals surface area contributed by atoms with Gasteiger partial charge in [0.2, 0.25) is 0 Å². The van der Waals surface area contributed by atoms with Crippen LogP contribution < -0.4 is 15.4 Å². The number of phenols is 1. The van der Waals surface area contributed by atoms with Gasteiger partial charge in [0.05, 0.1) is 0 Å². The number of ether oxygens (including phenoxy) is 1. The highest BCUT2D eigenvalue weighted by Gasteiger charge is 2.12. The van der Waals surface area contributed by atoms with Crippen molar-refractivity contribution in [2.24, 2.45) is 0 Å². The normalized spacial score (nSPS) is 10.7. The van der Waals surface area contributed by atoms with E-state index in [2.05, 4.69) is 10.6 Å². The van der Waals surface area contributed by atoms with Crippen LogP contribution in [0.5, 0.6) is 11.5 Å². The van der Waals surface area contributed by atoms with Crippen molar-refractivity contribution in [3.63, 3.8) is 0 Å². The molecule has 3 N–H and O–H groups in total. The van der Waals surface area contributed by atoms with Crippen LogP contribution >= 0.6 is 11.6 Å². The van der Waals surface area contributed by atoms with E-state index < -0.39 is 0 Å². The molecule has 0 fully saturated rings. The van der Waals surface area contributed by atoms with Crippen molar-refractivity contribution >= 4 is 23.4 Å². The third kappa shape index (κ3) is 6.98. The van der Waals surface area contributed by atoms with Crippen molar-refractivity contribution in [2.75, 3.05) is 19.7 Å². The summed E-state index contributed by atoms with van der Waals surface area (Å²) in [5, 5.41) is 15.6. The van der Waals surface area contributed by atoms with E-state index in [1.165, 1.54) is 12.1 Å². The molecule has 7 heteroatoms. The number of rotatable bonds is 9. The van der Waals surface area contributed by atoms with E-state index in [1.807, 2.05) is 32.9 Å². The lowest BCUT2D eigenvalue weighted by atomic mass is 10.0. The van der Waals surface area contributed by atoms with Crippen LogP contribution in [0, 0.1) is 6.92 Å². The van der Waals surface area contributed by atoms with E-state index in [1.54, 1.807) is 12.1 Å². The molecule has 0 atom stereocenters. The number of carbonyl (C=O) groups excluding carboxylic acids is 2. The molecule has 0 saturated carbocycles. The van der Waals surface area contributed by atoms with Gasteiger partial charge in [-0.2, -0.15) is 0 Å². The Hall–Kier alpha value is -2.73. The number of amides is 2. The van der Waals surface area contributed by atoms with Gasteiger partial charge in [0.1, 0.15) is 11.5 Å². The van der Waals surface area contributed by atoms with Gasteiger partial charge < -0.3 is 20.5 Å². The number of nitrogens with one attached hydrogen (secondary N) is 2. The summed E-state index contributed by atoms with van der Waals surface area (Å²) in [5.74, 6) is 0.430. The highest BCUT2D eigenvalue weighted by Crippen LogP contribution is 2.31. The molecule has 0 aliphatic carbocycles. The van der Waals surface area contributed by atoms with E-state index in [-0.39, 0.29) is 30.1 Å². The molecule has 2 rings (SSSR count). The molecule has 156 valence electrons. The molecule has 0 saturated heterocycles. The van der Waals surface area contributed by atoms with Crippen molar-refractivity contribution < 1.29 is 19.4 Å². The lowest BCUT2D eigenvalue weighted by Crippen LogP contribution is -2.32. The molecule has 2 aromatic carbocycles. The van der Waals surface area contributed by atoms with E-state index in [0.29, 0.717) is 35.8 Å². The molecule has 0 heterocycles. The molecule has 6 nitrogen and oxygen atoms in total. The summed E-state index contributed by atoms with van der Waals surface area (Å²) < 4.78 is 5.70. The molecule has 0 aromatic heterocycles. The Morgan fingerprint density at radius 3 is 2.55 bits per heavy atom. The molecule has 0 aliphatic rings. The summed E-state index contributed by atoms with van der Waals surface area (Å²) in [6, 6.07) is 9.86. The van der Waals surface area contributed by atoms with Gasteiger partial charge >= 0.3 is 0 Å². The highest BCUT2D eigenvalue weighted by molar-refractivity contribution is 6.31. The summed E-state index contributed by atoms with van der Waals surface area (Å²) in [6.07, 6.45) is 0.577. The maximum Gasteiger partial charge on any atom is 0.257 e. The lowest BCUT2D eigenvalue weighted by Gasteiger charge is -2.16. The fourth-order valence-corrected chi connectivity index (χ4v) is 2.88. The van der Waals surface area contributed by atoms with Crippen LogP contribution in [-0.4, -0.2) is 36.6 Å². The van der Waals surface area contributed by atoms with Crippen LogP contribution in [-0.2, 0) is 4.79 Å². The van der Waals surface area contributed by atoms with Crippen LogP contribution in [0.2, 0.25) is 5.02 Å². The second-order valence-corrected chi connectivity index (χ2v) is 7.50. The predicted molar refractivity (Wildman–Crippen MR) is 114 cm³/mol. The molecule has 0 bridgehead atoms. The summed E-state index contributed by atoms with van der Waals surface area (Å²) >= 11 is 6.18. The number of benzene rings is 2. The minimum atomic E-state index is -0.269. The van der Waals surface area contributed by atoms with E-state index in [4.69, 9.17) is 16.3 Å². The predicted octanol–water partition coefficient (Wildman–Crippen LogP) is 3.79. The standard InChI is InChI=1S/C22H27ClN2O4/c1-14(2)18-12-19(23)15(3)10-20(18)29-13-21(27)24-8-5-9-25-22(28)16-6-4-7-17(26)11-16/h4,6-7,10-12,14,26H,5,8-9,13H2,1-3H3,(H,24,27)(H,25,28). The number of hydrogen-bond acceptors (Lipinski definition) is 4. The van der Waals surface area contributed by atoms with E-state index >= 15 is 0 Å². The Morgan fingerprint density at radius 2 is 1.86 bits per heavy atom. The number of aryl methyl sites for hydroxylation is 1. The minimum absolute atomic E-state index is 0.0430. The first-order chi connectivity index (χ1) is 13.8. The second kappa shape index (κ2) is 10.7. The Morgan fingerprint density at radius 1 is 1.14 bits per heavy atom. The van der Waals surface area contributed by atoms with Crippen LogP contribution in [0.15, 0.2) is 36.4 Å². The SMILES string of the molecule is Cc1cc(OCC(=O)NCCCNC(=O)c2cccc(O)c2)c(C(C)C)cc1Cl. The quantitative estimate of drug-likeness (QED) is 0.540. The number of aromatic hydroxyl groups is 1. The first-order valence-corrected chi connectivity index (χ1v) is 9.92. The van der Waals surface area contributed by atoms with Crippen molar-refractivity contribution in [3.8, 4) is 11.5 Å². The zero-order valence-electron chi connectivity index (χ0n) is 16.9. The third-order valence-corrected chi connectivity index (χ3v) is 4.75. The van der Waals surface area contributed by atoms with Gasteiger partial charge in [0.15, 0.2) is 6.61 Å². The third-order valence-electron chi connectivity index (χ3n) is 4.34. The molecule has 0 unspecified atom stereocenters. The fraction of sp³-hybridized carbons (Fsp3) is 0.364. The van der Waals surface area contributed by atoms with Gasteiger partial charge in [-0.25, -0.2) is 0 Å². The highest BCUT2D eigenvalue weighted by atomic mass is 35.5. The molecule has 0 aliphatic heterocycles. The van der Waals surface area contributed by atoms with Crippen LogP contribution in [0.25, 0.3) is 0 Å². The molecule has 0 radical (unpaired) electrons. The van der Waals surface area contributed by atoms with Gasteiger partial charge in [0.25, 0.3) is 11.8 Å². The molecular formula is C22H27ClN2O4. The molecule has 0 spiro atoms. The Balaban J connectivity index is 1.71. The smallest absolute Gasteiger partial charge is 0.257 e. The second-order valence-electron chi connectivity index (χ2n) is 7.09. The first kappa shape index (κ1) is 22.6. The van der Waals surface area contributed by atoms with E-state index in [0.717, 1.165) is 11.1 Å². The number of halogens is 1. The van der Waals surface area contributed by atoms with Crippen LogP contribution in [0.4, 0.5) is 0 Å². The minimum Gasteiger partial charge on any atom is -0.508 e. The largest absolute Gasteiger partial charge is 0.508 e. The van der Waals surface area contributed by atoms with E-state index in [9.17, 15) is 14.7 Å². The average molecular weight is 419 g/mol. The topological polar surface area (TPSA) is 87.7 Å². The van der Waals surface area contributed by atoms with Crippen LogP contribution in [0.3, 0.4) is 0 Å². The van der Waals surface area contributed by atoms with Crippen molar-refractivity contribution in [3.05, 3.63) is 58.1 Å². The van der Waals surface area contributed by atoms with Gasteiger partial charge in [-0.3, -0.25) is 9.59 Å². The summed E-state index contributed by atoms with van der Waals surface area (Å²) in [6.45, 7) is 6.71. The van der Waals surface area contributed by atoms with Gasteiger partial charge in [-0.1, -0.05) is 31.5 Å². The molecule has 2 amide bonds. The average Bonchev–Trinajstić information content (AvgIpc) is 2.67. The fourth-order valence-electron chi connectivity index (χ4n) is 2.71. The number of phenolic OH excluding ortho intramolecular Hbond substituents is 1. The zero-order chi connectivity index (χ0) is 21.4. The Bertz CT molecular complexity index is 868. The molecule has 2 aromatic rings. The summed E-state index contributed by atoms with van der Waals surface area (Å²) in [5.41, 5.74) is 2.25.